The lowest BCUT2D eigenvalue weighted by molar-refractivity contribution is 0.452. The number of rotatable bonds is 5. The molecule has 1 aromatic carbocycles. The highest BCUT2D eigenvalue weighted by Crippen LogP contribution is 2.39. The van der Waals surface area contributed by atoms with Gasteiger partial charge in [-0.2, -0.15) is 11.3 Å². The molecule has 0 saturated carbocycles. The van der Waals surface area contributed by atoms with Crippen molar-refractivity contribution in [1.29, 1.82) is 0 Å². The number of aryl methyl sites for hydroxylation is 1. The second kappa shape index (κ2) is 8.00. The summed E-state index contributed by atoms with van der Waals surface area (Å²) in [5, 5.41) is 17.5. The van der Waals surface area contributed by atoms with E-state index >= 15 is 0 Å². The summed E-state index contributed by atoms with van der Waals surface area (Å²) in [6, 6.07) is 8.19. The quantitative estimate of drug-likeness (QED) is 0.829. The van der Waals surface area contributed by atoms with Gasteiger partial charge in [0, 0.05) is 6.54 Å². The Balaban J connectivity index is 0.00000176. The van der Waals surface area contributed by atoms with E-state index in [2.05, 4.69) is 28.2 Å². The molecule has 2 N–H and O–H groups in total. The summed E-state index contributed by atoms with van der Waals surface area (Å²) in [6.07, 6.45) is 4.80. The van der Waals surface area contributed by atoms with Gasteiger partial charge in [-0.1, -0.05) is 6.07 Å². The molecule has 2 aromatic rings. The lowest BCUT2D eigenvalue weighted by atomic mass is 9.77. The maximum Gasteiger partial charge on any atom is 0.115 e. The van der Waals surface area contributed by atoms with Crippen molar-refractivity contribution in [3.05, 3.63) is 51.7 Å². The summed E-state index contributed by atoms with van der Waals surface area (Å²) in [4.78, 5) is 0. The molecule has 0 bridgehead atoms. The van der Waals surface area contributed by atoms with Crippen LogP contribution >= 0.6 is 23.7 Å². The molecule has 0 radical (unpaired) electrons. The average Bonchev–Trinajstić information content (AvgIpc) is 3.01. The molecule has 0 amide bonds. The van der Waals surface area contributed by atoms with Crippen LogP contribution in [0.15, 0.2) is 35.0 Å². The van der Waals surface area contributed by atoms with Crippen LogP contribution in [-0.2, 0) is 6.42 Å². The second-order valence-corrected chi connectivity index (χ2v) is 6.80. The smallest absolute Gasteiger partial charge is 0.115 e. The van der Waals surface area contributed by atoms with Crippen molar-refractivity contribution < 1.29 is 5.11 Å². The summed E-state index contributed by atoms with van der Waals surface area (Å²) in [6.45, 7) is 1.03. The molecule has 120 valence electrons. The van der Waals surface area contributed by atoms with Gasteiger partial charge in [-0.05, 0) is 90.2 Å². The number of hydrogen-bond donors (Lipinski definition) is 2. The fraction of sp³-hybridized carbons (Fsp3) is 0.444. The predicted molar refractivity (Wildman–Crippen MR) is 96.6 cm³/mol. The van der Waals surface area contributed by atoms with Gasteiger partial charge >= 0.3 is 0 Å². The first-order chi connectivity index (χ1) is 10.3. The maximum absolute atomic E-state index is 9.68. The number of phenolic OH excluding ortho intramolecular Hbond substituents is 1. The molecule has 22 heavy (non-hydrogen) atoms. The fourth-order valence-electron chi connectivity index (χ4n) is 3.58. The molecule has 2 atom stereocenters. The molecular formula is C18H24ClNOS. The van der Waals surface area contributed by atoms with E-state index in [0.29, 0.717) is 17.6 Å². The van der Waals surface area contributed by atoms with E-state index in [4.69, 9.17) is 0 Å². The number of aromatic hydroxyl groups is 1. The third-order valence-electron chi connectivity index (χ3n) is 4.60. The van der Waals surface area contributed by atoms with E-state index in [9.17, 15) is 5.11 Å². The number of fused-ring (bicyclic) bond motifs is 1. The Morgan fingerprint density at radius 1 is 1.36 bits per heavy atom. The van der Waals surface area contributed by atoms with E-state index in [1.807, 2.05) is 19.2 Å². The minimum absolute atomic E-state index is 0. The van der Waals surface area contributed by atoms with Gasteiger partial charge in [-0.3, -0.25) is 0 Å². The number of halogens is 1. The molecule has 2 unspecified atom stereocenters. The highest BCUT2D eigenvalue weighted by molar-refractivity contribution is 7.07. The van der Waals surface area contributed by atoms with Crippen molar-refractivity contribution in [2.24, 2.45) is 0 Å². The van der Waals surface area contributed by atoms with Crippen LogP contribution in [0, 0.1) is 0 Å². The Morgan fingerprint density at radius 3 is 2.95 bits per heavy atom. The molecule has 1 aromatic heterocycles. The predicted octanol–water partition coefficient (Wildman–Crippen LogP) is 4.69. The largest absolute Gasteiger partial charge is 0.508 e. The molecule has 3 rings (SSSR count). The van der Waals surface area contributed by atoms with Crippen molar-refractivity contribution in [1.82, 2.24) is 5.32 Å². The monoisotopic (exact) mass is 337 g/mol. The van der Waals surface area contributed by atoms with Crippen LogP contribution in [0.3, 0.4) is 0 Å². The Hall–Kier alpha value is -1.03. The van der Waals surface area contributed by atoms with Gasteiger partial charge in [0.15, 0.2) is 0 Å². The zero-order valence-electron chi connectivity index (χ0n) is 12.9. The van der Waals surface area contributed by atoms with E-state index in [1.54, 1.807) is 11.3 Å². The Morgan fingerprint density at radius 2 is 2.23 bits per heavy atom. The fourth-order valence-corrected chi connectivity index (χ4v) is 4.32. The van der Waals surface area contributed by atoms with Crippen LogP contribution in [0.4, 0.5) is 0 Å². The first-order valence-corrected chi connectivity index (χ1v) is 8.70. The summed E-state index contributed by atoms with van der Waals surface area (Å²) in [5.74, 6) is 1.60. The summed E-state index contributed by atoms with van der Waals surface area (Å²) >= 11 is 1.78. The standard InChI is InChI=1S/C18H23NOS.ClH/c1-19-11-16(15-7-8-21-12-15)9-13-3-2-4-14-10-17(20)5-6-18(13)14;/h5-8,10,12-13,16,19-20H,2-4,9,11H2,1H3;1H. The summed E-state index contributed by atoms with van der Waals surface area (Å²) in [7, 11) is 2.03. The first kappa shape index (κ1) is 17.3. The highest BCUT2D eigenvalue weighted by Gasteiger charge is 2.24. The molecule has 1 heterocycles. The van der Waals surface area contributed by atoms with Gasteiger partial charge in [0.1, 0.15) is 5.75 Å². The normalized spacial score (nSPS) is 18.3. The first-order valence-electron chi connectivity index (χ1n) is 7.76. The maximum atomic E-state index is 9.68. The van der Waals surface area contributed by atoms with Crippen molar-refractivity contribution in [2.45, 2.75) is 37.5 Å². The summed E-state index contributed by atoms with van der Waals surface area (Å²) < 4.78 is 0. The van der Waals surface area contributed by atoms with Gasteiger partial charge in [-0.25, -0.2) is 0 Å². The van der Waals surface area contributed by atoms with Crippen LogP contribution < -0.4 is 5.32 Å². The number of phenols is 1. The molecule has 1 aliphatic carbocycles. The number of benzene rings is 1. The van der Waals surface area contributed by atoms with Crippen LogP contribution in [-0.4, -0.2) is 18.7 Å². The minimum atomic E-state index is 0. The number of nitrogens with one attached hydrogen (secondary N) is 1. The van der Waals surface area contributed by atoms with Gasteiger partial charge in [0.2, 0.25) is 0 Å². The Bertz CT molecular complexity index is 585. The van der Waals surface area contributed by atoms with Crippen molar-refractivity contribution in [3.8, 4) is 5.75 Å². The molecular weight excluding hydrogens is 314 g/mol. The number of hydrogen-bond acceptors (Lipinski definition) is 3. The third-order valence-corrected chi connectivity index (χ3v) is 5.30. The molecule has 0 spiro atoms. The topological polar surface area (TPSA) is 32.3 Å². The highest BCUT2D eigenvalue weighted by atomic mass is 35.5. The lowest BCUT2D eigenvalue weighted by Gasteiger charge is -2.29. The third kappa shape index (κ3) is 3.83. The number of thiophene rings is 1. The van der Waals surface area contributed by atoms with E-state index in [-0.39, 0.29) is 12.4 Å². The minimum Gasteiger partial charge on any atom is -0.508 e. The van der Waals surface area contributed by atoms with E-state index < -0.39 is 0 Å². The van der Waals surface area contributed by atoms with Crippen LogP contribution in [0.5, 0.6) is 5.75 Å². The zero-order valence-corrected chi connectivity index (χ0v) is 14.6. The zero-order chi connectivity index (χ0) is 14.7. The van der Waals surface area contributed by atoms with Crippen LogP contribution in [0.25, 0.3) is 0 Å². The molecule has 0 fully saturated rings. The van der Waals surface area contributed by atoms with Gasteiger partial charge in [0.05, 0.1) is 0 Å². The molecule has 0 aliphatic heterocycles. The Labute approximate surface area is 143 Å². The number of likely N-dealkylation sites (N-methyl/N-ethyl adjacent to an activating group) is 1. The molecule has 2 nitrogen and oxygen atoms in total. The van der Waals surface area contributed by atoms with Crippen LogP contribution in [0.1, 0.15) is 47.8 Å². The lowest BCUT2D eigenvalue weighted by Crippen LogP contribution is -2.20. The van der Waals surface area contributed by atoms with E-state index in [1.165, 1.54) is 36.0 Å². The average molecular weight is 338 g/mol. The molecule has 1 aliphatic rings. The van der Waals surface area contributed by atoms with Crippen molar-refractivity contribution in [2.75, 3.05) is 13.6 Å². The van der Waals surface area contributed by atoms with Gasteiger partial charge < -0.3 is 10.4 Å². The van der Waals surface area contributed by atoms with Crippen LogP contribution in [0.2, 0.25) is 0 Å². The van der Waals surface area contributed by atoms with Gasteiger partial charge in [0.25, 0.3) is 0 Å². The summed E-state index contributed by atoms with van der Waals surface area (Å²) in [5.41, 5.74) is 4.26. The SMILES string of the molecule is CNCC(CC1CCCc2cc(O)ccc21)c1ccsc1.Cl. The molecule has 4 heteroatoms. The second-order valence-electron chi connectivity index (χ2n) is 6.02. The van der Waals surface area contributed by atoms with E-state index in [0.717, 1.165) is 13.0 Å². The molecule has 0 saturated heterocycles. The Kier molecular flexibility index (Phi) is 6.30. The van der Waals surface area contributed by atoms with Gasteiger partial charge in [-0.15, -0.1) is 12.4 Å². The van der Waals surface area contributed by atoms with Crippen molar-refractivity contribution in [3.63, 3.8) is 0 Å². The van der Waals surface area contributed by atoms with Crippen molar-refractivity contribution >= 4 is 23.7 Å².